The van der Waals surface area contributed by atoms with Crippen LogP contribution in [0.2, 0.25) is 10.0 Å². The molecule has 1 aromatic heterocycles. The van der Waals surface area contributed by atoms with E-state index in [1.54, 1.807) is 37.3 Å². The molecule has 0 aliphatic heterocycles. The summed E-state index contributed by atoms with van der Waals surface area (Å²) in [7, 11) is 0. The molecule has 2 aromatic carbocycles. The van der Waals surface area contributed by atoms with Crippen molar-refractivity contribution in [3.8, 4) is 17.1 Å². The summed E-state index contributed by atoms with van der Waals surface area (Å²) in [6, 6.07) is 11.8. The molecule has 0 fully saturated rings. The van der Waals surface area contributed by atoms with Crippen molar-refractivity contribution in [2.75, 3.05) is 11.9 Å². The third kappa shape index (κ3) is 6.72. The van der Waals surface area contributed by atoms with Gasteiger partial charge in [0.1, 0.15) is 5.75 Å². The molecule has 3 N–H and O–H groups in total. The van der Waals surface area contributed by atoms with Gasteiger partial charge in [-0.05, 0) is 49.7 Å². The van der Waals surface area contributed by atoms with Crippen LogP contribution in [-0.4, -0.2) is 34.8 Å². The normalized spacial score (nSPS) is 11.9. The maximum absolute atomic E-state index is 12.6. The number of aliphatic carboxylic acids is 1. The van der Waals surface area contributed by atoms with Gasteiger partial charge in [0.2, 0.25) is 0 Å². The zero-order chi connectivity index (χ0) is 24.8. The number of rotatable bonds is 10. The van der Waals surface area contributed by atoms with Gasteiger partial charge < -0.3 is 25.0 Å². The van der Waals surface area contributed by atoms with Gasteiger partial charge in [-0.3, -0.25) is 9.59 Å². The topological polar surface area (TPSA) is 114 Å². The second kappa shape index (κ2) is 11.4. The summed E-state index contributed by atoms with van der Waals surface area (Å²) < 4.78 is 10.9. The number of carbonyl (C=O) groups is 2. The monoisotopic (exact) mass is 505 g/mol. The zero-order valence-corrected chi connectivity index (χ0v) is 20.4. The van der Waals surface area contributed by atoms with E-state index >= 15 is 0 Å². The molecule has 3 rings (SSSR count). The van der Waals surface area contributed by atoms with Crippen LogP contribution in [0.25, 0.3) is 11.3 Å². The highest BCUT2D eigenvalue weighted by Crippen LogP contribution is 2.31. The number of benzene rings is 2. The van der Waals surface area contributed by atoms with E-state index < -0.39 is 17.8 Å². The summed E-state index contributed by atoms with van der Waals surface area (Å²) in [5.74, 6) is -0.939. The van der Waals surface area contributed by atoms with Gasteiger partial charge in [0.15, 0.2) is 11.5 Å². The number of carboxylic acid groups (broad SMARTS) is 1. The summed E-state index contributed by atoms with van der Waals surface area (Å²) in [6.07, 6.45) is -0.0238. The van der Waals surface area contributed by atoms with E-state index in [0.29, 0.717) is 45.9 Å². The van der Waals surface area contributed by atoms with Crippen molar-refractivity contribution in [3.05, 3.63) is 63.8 Å². The van der Waals surface area contributed by atoms with E-state index in [4.69, 9.17) is 37.6 Å². The van der Waals surface area contributed by atoms with Gasteiger partial charge in [0.25, 0.3) is 5.91 Å². The zero-order valence-electron chi connectivity index (χ0n) is 18.9. The van der Waals surface area contributed by atoms with Crippen LogP contribution >= 0.6 is 23.2 Å². The molecule has 1 amide bonds. The summed E-state index contributed by atoms with van der Waals surface area (Å²) in [5, 5.41) is 19.4. The SMILES string of the molecule is CC(C)Oc1ccc(NC(=O)c2cc(-c3ccc(CNCC(C)C(=O)O)cc3Cl)on2)cc1Cl. The fraction of sp³-hybridized carbons (Fsp3) is 0.292. The number of aromatic nitrogens is 1. The largest absolute Gasteiger partial charge is 0.489 e. The molecular formula is C24H25Cl2N3O5. The molecule has 1 atom stereocenters. The van der Waals surface area contributed by atoms with Crippen LogP contribution in [0.3, 0.4) is 0 Å². The van der Waals surface area contributed by atoms with Gasteiger partial charge >= 0.3 is 5.97 Å². The molecule has 0 radical (unpaired) electrons. The molecule has 34 heavy (non-hydrogen) atoms. The van der Waals surface area contributed by atoms with Crippen LogP contribution < -0.4 is 15.4 Å². The number of ether oxygens (including phenoxy) is 1. The van der Waals surface area contributed by atoms with E-state index in [1.807, 2.05) is 19.9 Å². The van der Waals surface area contributed by atoms with Crippen molar-refractivity contribution in [2.24, 2.45) is 5.92 Å². The van der Waals surface area contributed by atoms with Gasteiger partial charge in [-0.2, -0.15) is 0 Å². The third-order valence-corrected chi connectivity index (χ3v) is 5.40. The Hall–Kier alpha value is -3.07. The number of anilines is 1. The van der Waals surface area contributed by atoms with Crippen LogP contribution in [0.1, 0.15) is 36.8 Å². The molecule has 0 spiro atoms. The number of hydrogen-bond acceptors (Lipinski definition) is 6. The van der Waals surface area contributed by atoms with Crippen molar-refractivity contribution in [1.29, 1.82) is 0 Å². The first-order valence-corrected chi connectivity index (χ1v) is 11.4. The van der Waals surface area contributed by atoms with Crippen molar-refractivity contribution >= 4 is 40.8 Å². The van der Waals surface area contributed by atoms with Crippen LogP contribution in [0.5, 0.6) is 5.75 Å². The van der Waals surface area contributed by atoms with E-state index in [0.717, 1.165) is 5.56 Å². The molecule has 0 aliphatic rings. The lowest BCUT2D eigenvalue weighted by atomic mass is 10.1. The first kappa shape index (κ1) is 25.6. The van der Waals surface area contributed by atoms with Gasteiger partial charge in [0, 0.05) is 30.4 Å². The van der Waals surface area contributed by atoms with Crippen molar-refractivity contribution in [3.63, 3.8) is 0 Å². The Kier molecular flexibility index (Phi) is 8.55. The minimum Gasteiger partial charge on any atom is -0.489 e. The number of carboxylic acids is 1. The number of halogens is 2. The number of hydrogen-bond donors (Lipinski definition) is 3. The maximum Gasteiger partial charge on any atom is 0.307 e. The molecule has 8 nitrogen and oxygen atoms in total. The van der Waals surface area contributed by atoms with Crippen molar-refractivity contribution < 1.29 is 24.0 Å². The second-order valence-corrected chi connectivity index (χ2v) is 8.84. The lowest BCUT2D eigenvalue weighted by Crippen LogP contribution is -2.25. The van der Waals surface area contributed by atoms with Crippen LogP contribution in [-0.2, 0) is 11.3 Å². The first-order valence-electron chi connectivity index (χ1n) is 10.6. The van der Waals surface area contributed by atoms with Crippen molar-refractivity contribution in [2.45, 2.75) is 33.4 Å². The Morgan fingerprint density at radius 2 is 1.85 bits per heavy atom. The average Bonchev–Trinajstić information content (AvgIpc) is 3.25. The van der Waals surface area contributed by atoms with Gasteiger partial charge in [-0.1, -0.05) is 41.3 Å². The highest BCUT2D eigenvalue weighted by Gasteiger charge is 2.17. The summed E-state index contributed by atoms with van der Waals surface area (Å²) in [5.41, 5.74) is 2.03. The summed E-state index contributed by atoms with van der Waals surface area (Å²) in [6.45, 7) is 6.23. The standard InChI is InChI=1S/C24H25Cl2N3O5/c1-13(2)33-21-7-5-16(9-19(21)26)28-23(30)20-10-22(34-29-20)17-6-4-15(8-18(17)25)12-27-11-14(3)24(31)32/h4-10,13-14,27H,11-12H2,1-3H3,(H,28,30)(H,31,32). The van der Waals surface area contributed by atoms with Gasteiger partial charge in [-0.25, -0.2) is 0 Å². The maximum atomic E-state index is 12.6. The number of nitrogens with one attached hydrogen (secondary N) is 2. The molecule has 180 valence electrons. The average molecular weight is 506 g/mol. The molecule has 3 aromatic rings. The summed E-state index contributed by atoms with van der Waals surface area (Å²) >= 11 is 12.6. The van der Waals surface area contributed by atoms with Crippen molar-refractivity contribution in [1.82, 2.24) is 10.5 Å². The Labute approximate surface area is 207 Å². The van der Waals surface area contributed by atoms with Crippen LogP contribution in [0.4, 0.5) is 5.69 Å². The fourth-order valence-electron chi connectivity index (χ4n) is 3.02. The molecule has 0 saturated carbocycles. The molecule has 0 aliphatic carbocycles. The lowest BCUT2D eigenvalue weighted by molar-refractivity contribution is -0.140. The predicted octanol–water partition coefficient (Wildman–Crippen LogP) is 5.50. The number of nitrogens with zero attached hydrogens (tertiary/aromatic N) is 1. The van der Waals surface area contributed by atoms with E-state index in [-0.39, 0.29) is 11.8 Å². The first-order chi connectivity index (χ1) is 16.1. The highest BCUT2D eigenvalue weighted by molar-refractivity contribution is 6.33. The van der Waals surface area contributed by atoms with Gasteiger partial charge in [0.05, 0.1) is 22.1 Å². The number of amides is 1. The Morgan fingerprint density at radius 3 is 2.50 bits per heavy atom. The minimum absolute atomic E-state index is 0.0238. The van der Waals surface area contributed by atoms with E-state index in [9.17, 15) is 9.59 Å². The predicted molar refractivity (Wildman–Crippen MR) is 131 cm³/mol. The lowest BCUT2D eigenvalue weighted by Gasteiger charge is -2.12. The number of carbonyl (C=O) groups excluding carboxylic acids is 1. The third-order valence-electron chi connectivity index (χ3n) is 4.80. The Morgan fingerprint density at radius 1 is 1.09 bits per heavy atom. The molecule has 0 saturated heterocycles. The van der Waals surface area contributed by atoms with Gasteiger partial charge in [-0.15, -0.1) is 0 Å². The molecule has 1 heterocycles. The van der Waals surface area contributed by atoms with E-state index in [1.165, 1.54) is 6.07 Å². The minimum atomic E-state index is -0.855. The summed E-state index contributed by atoms with van der Waals surface area (Å²) in [4.78, 5) is 23.5. The fourth-order valence-corrected chi connectivity index (χ4v) is 3.54. The Bertz CT molecular complexity index is 1180. The van der Waals surface area contributed by atoms with Crippen LogP contribution in [0, 0.1) is 5.92 Å². The molecular weight excluding hydrogens is 481 g/mol. The molecule has 0 bridgehead atoms. The van der Waals surface area contributed by atoms with E-state index in [2.05, 4.69) is 15.8 Å². The second-order valence-electron chi connectivity index (χ2n) is 8.03. The molecule has 1 unspecified atom stereocenters. The smallest absolute Gasteiger partial charge is 0.307 e. The Balaban J connectivity index is 1.64. The quantitative estimate of drug-likeness (QED) is 0.333. The van der Waals surface area contributed by atoms with Crippen LogP contribution in [0.15, 0.2) is 47.0 Å². The molecule has 10 heteroatoms. The highest BCUT2D eigenvalue weighted by atomic mass is 35.5.